The van der Waals surface area contributed by atoms with E-state index in [0.29, 0.717) is 6.04 Å². The van der Waals surface area contributed by atoms with Gasteiger partial charge in [0.1, 0.15) is 12.3 Å². The molecule has 6 nitrogen and oxygen atoms in total. The molecule has 4 heterocycles. The number of hydrogen-bond donors (Lipinski definition) is 0. The van der Waals surface area contributed by atoms with Crippen LogP contribution >= 0.6 is 0 Å². The first-order valence-electron chi connectivity index (χ1n) is 11.7. The highest BCUT2D eigenvalue weighted by molar-refractivity contribution is 5.43. The van der Waals surface area contributed by atoms with Gasteiger partial charge in [-0.1, -0.05) is 18.6 Å². The van der Waals surface area contributed by atoms with Crippen molar-refractivity contribution in [2.45, 2.75) is 51.1 Å². The molecule has 1 aliphatic carbocycles. The van der Waals surface area contributed by atoms with Crippen LogP contribution in [0.3, 0.4) is 0 Å². The van der Waals surface area contributed by atoms with Gasteiger partial charge >= 0.3 is 0 Å². The summed E-state index contributed by atoms with van der Waals surface area (Å²) in [5.41, 5.74) is 4.64. The third-order valence-electron chi connectivity index (χ3n) is 6.72. The lowest BCUT2D eigenvalue weighted by molar-refractivity contribution is 0.179. The van der Waals surface area contributed by atoms with Crippen LogP contribution in [0.1, 0.15) is 55.1 Å². The maximum atomic E-state index is 6.16. The van der Waals surface area contributed by atoms with Crippen LogP contribution in [0.25, 0.3) is 5.65 Å². The first-order valence-corrected chi connectivity index (χ1v) is 11.7. The highest BCUT2D eigenvalue weighted by atomic mass is 16.5. The average molecular weight is 420 g/mol. The molecule has 0 spiro atoms. The Morgan fingerprint density at radius 3 is 2.90 bits per heavy atom. The summed E-state index contributed by atoms with van der Waals surface area (Å²) in [6.07, 6.45) is 11.6. The predicted molar refractivity (Wildman–Crippen MR) is 122 cm³/mol. The predicted octanol–water partition coefficient (Wildman–Crippen LogP) is 4.10. The number of rotatable bonds is 7. The van der Waals surface area contributed by atoms with Crippen molar-refractivity contribution in [2.75, 3.05) is 33.3 Å². The Kier molecular flexibility index (Phi) is 6.18. The quantitative estimate of drug-likeness (QED) is 0.577. The zero-order valence-corrected chi connectivity index (χ0v) is 18.5. The summed E-state index contributed by atoms with van der Waals surface area (Å²) in [7, 11) is 2.19. The van der Waals surface area contributed by atoms with Crippen LogP contribution in [0.4, 0.5) is 0 Å². The van der Waals surface area contributed by atoms with E-state index >= 15 is 0 Å². The molecule has 2 aliphatic rings. The molecule has 3 aromatic rings. The van der Waals surface area contributed by atoms with E-state index in [0.717, 1.165) is 49.8 Å². The van der Waals surface area contributed by atoms with Gasteiger partial charge in [-0.15, -0.1) is 0 Å². The Morgan fingerprint density at radius 1 is 1.10 bits per heavy atom. The smallest absolute Gasteiger partial charge is 0.199 e. The molecule has 1 saturated heterocycles. The van der Waals surface area contributed by atoms with Crippen molar-refractivity contribution in [2.24, 2.45) is 0 Å². The fraction of sp³-hybridized carbons (Fsp3) is 0.520. The van der Waals surface area contributed by atoms with Crippen LogP contribution in [-0.4, -0.2) is 57.5 Å². The van der Waals surface area contributed by atoms with Gasteiger partial charge in [-0.3, -0.25) is 19.2 Å². The number of fused-ring (bicyclic) bond motifs is 2. The number of aryl methyl sites for hydroxylation is 1. The molecule has 0 N–H and O–H groups in total. The van der Waals surface area contributed by atoms with Gasteiger partial charge in [0.05, 0.1) is 17.4 Å². The number of pyridine rings is 2. The molecule has 0 saturated carbocycles. The van der Waals surface area contributed by atoms with Crippen molar-refractivity contribution in [3.8, 4) is 5.88 Å². The van der Waals surface area contributed by atoms with E-state index < -0.39 is 0 Å². The first-order chi connectivity index (χ1) is 15.3. The van der Waals surface area contributed by atoms with E-state index in [4.69, 9.17) is 14.7 Å². The van der Waals surface area contributed by atoms with Crippen molar-refractivity contribution in [3.63, 3.8) is 0 Å². The molecule has 0 aromatic carbocycles. The molecule has 6 heteroatoms. The summed E-state index contributed by atoms with van der Waals surface area (Å²) in [5, 5.41) is 0. The maximum absolute atomic E-state index is 6.16. The maximum Gasteiger partial charge on any atom is 0.199 e. The van der Waals surface area contributed by atoms with Crippen LogP contribution in [0.2, 0.25) is 0 Å². The second-order valence-corrected chi connectivity index (χ2v) is 8.95. The molecule has 31 heavy (non-hydrogen) atoms. The second kappa shape index (κ2) is 9.37. The van der Waals surface area contributed by atoms with E-state index in [1.54, 1.807) is 0 Å². The van der Waals surface area contributed by atoms with Crippen molar-refractivity contribution < 1.29 is 4.74 Å². The van der Waals surface area contributed by atoms with Crippen molar-refractivity contribution in [1.82, 2.24) is 24.2 Å². The molecular weight excluding hydrogens is 386 g/mol. The van der Waals surface area contributed by atoms with E-state index in [-0.39, 0.29) is 0 Å². The van der Waals surface area contributed by atoms with Gasteiger partial charge in [0.15, 0.2) is 5.88 Å². The van der Waals surface area contributed by atoms with Crippen LogP contribution in [-0.2, 0) is 13.0 Å². The second-order valence-electron chi connectivity index (χ2n) is 8.95. The van der Waals surface area contributed by atoms with Gasteiger partial charge in [0.25, 0.3) is 0 Å². The molecule has 0 unspecified atom stereocenters. The Bertz CT molecular complexity index is 1010. The molecule has 1 fully saturated rings. The lowest BCUT2D eigenvalue weighted by Crippen LogP contribution is -2.33. The number of piperidine rings is 1. The molecule has 0 radical (unpaired) electrons. The molecule has 3 aromatic heterocycles. The van der Waals surface area contributed by atoms with Gasteiger partial charge in [0.2, 0.25) is 0 Å². The third kappa shape index (κ3) is 4.60. The monoisotopic (exact) mass is 419 g/mol. The zero-order chi connectivity index (χ0) is 21.0. The van der Waals surface area contributed by atoms with Crippen molar-refractivity contribution in [1.29, 1.82) is 0 Å². The minimum atomic E-state index is 0.357. The number of ether oxygens (including phenoxy) is 1. The van der Waals surface area contributed by atoms with E-state index in [9.17, 15) is 0 Å². The Balaban J connectivity index is 1.26. The fourth-order valence-electron chi connectivity index (χ4n) is 5.07. The van der Waals surface area contributed by atoms with E-state index in [1.165, 1.54) is 50.0 Å². The summed E-state index contributed by atoms with van der Waals surface area (Å²) in [6.45, 7) is 4.92. The highest BCUT2D eigenvalue weighted by Crippen LogP contribution is 2.32. The van der Waals surface area contributed by atoms with Crippen LogP contribution < -0.4 is 4.74 Å². The van der Waals surface area contributed by atoms with Crippen LogP contribution in [0.15, 0.2) is 42.7 Å². The lowest BCUT2D eigenvalue weighted by Gasteiger charge is -2.31. The largest absolute Gasteiger partial charge is 0.477 e. The Labute approximate surface area is 184 Å². The minimum Gasteiger partial charge on any atom is -0.477 e. The zero-order valence-electron chi connectivity index (χ0n) is 18.5. The van der Waals surface area contributed by atoms with Gasteiger partial charge in [0, 0.05) is 25.5 Å². The number of aromatic nitrogens is 3. The molecule has 5 rings (SSSR count). The third-order valence-corrected chi connectivity index (χ3v) is 6.72. The fourth-order valence-corrected chi connectivity index (χ4v) is 5.07. The number of nitrogens with zero attached hydrogens (tertiary/aromatic N) is 5. The summed E-state index contributed by atoms with van der Waals surface area (Å²) >= 11 is 0. The topological polar surface area (TPSA) is 45.9 Å². The summed E-state index contributed by atoms with van der Waals surface area (Å²) in [4.78, 5) is 14.5. The van der Waals surface area contributed by atoms with Crippen LogP contribution in [0.5, 0.6) is 5.88 Å². The highest BCUT2D eigenvalue weighted by Gasteiger charge is 2.25. The number of hydrogen-bond acceptors (Lipinski definition) is 5. The van der Waals surface area contributed by atoms with Crippen molar-refractivity contribution >= 4 is 5.65 Å². The standard InChI is InChI=1S/C25H33N5O/c1-28(22-10-5-8-20-9-7-13-26-25(20)22)18-21-19-30-23(27-21)11-6-12-24(30)31-17-16-29-14-3-2-4-15-29/h6-7,9,11-13,19,22H,2-5,8,10,14-18H2,1H3/t22-/m0/s1. The molecule has 1 aliphatic heterocycles. The SMILES string of the molecule is CN(Cc1cn2c(OCCN3CCCCC3)cccc2n1)[C@H]1CCCc2cccnc21. The summed E-state index contributed by atoms with van der Waals surface area (Å²) in [6, 6.07) is 10.8. The summed E-state index contributed by atoms with van der Waals surface area (Å²) in [5.74, 6) is 0.876. The Morgan fingerprint density at radius 2 is 2.00 bits per heavy atom. The van der Waals surface area contributed by atoms with E-state index in [2.05, 4.69) is 45.6 Å². The minimum absolute atomic E-state index is 0.357. The summed E-state index contributed by atoms with van der Waals surface area (Å²) < 4.78 is 8.25. The van der Waals surface area contributed by atoms with Crippen LogP contribution in [0, 0.1) is 0 Å². The molecule has 164 valence electrons. The lowest BCUT2D eigenvalue weighted by atomic mass is 9.91. The Hall–Kier alpha value is -2.44. The van der Waals surface area contributed by atoms with E-state index in [1.807, 2.05) is 18.3 Å². The van der Waals surface area contributed by atoms with Crippen molar-refractivity contribution in [3.05, 3.63) is 59.7 Å². The first kappa shape index (κ1) is 20.5. The number of imidazole rings is 1. The van der Waals surface area contributed by atoms with Gasteiger partial charge in [-0.05, 0) is 76.0 Å². The normalized spacial score (nSPS) is 19.6. The van der Waals surface area contributed by atoms with Gasteiger partial charge < -0.3 is 4.74 Å². The number of likely N-dealkylation sites (tertiary alicyclic amines) is 1. The molecule has 0 amide bonds. The molecule has 1 atom stereocenters. The molecule has 0 bridgehead atoms. The van der Waals surface area contributed by atoms with Gasteiger partial charge in [-0.2, -0.15) is 0 Å². The molecular formula is C25H33N5O. The average Bonchev–Trinajstić information content (AvgIpc) is 3.22. The van der Waals surface area contributed by atoms with Gasteiger partial charge in [-0.25, -0.2) is 4.98 Å².